The van der Waals surface area contributed by atoms with Gasteiger partial charge in [-0.25, -0.2) is 0 Å². The summed E-state index contributed by atoms with van der Waals surface area (Å²) in [5.74, 6) is 0.942. The van der Waals surface area contributed by atoms with Gasteiger partial charge in [0, 0.05) is 30.9 Å². The Morgan fingerprint density at radius 2 is 1.80 bits per heavy atom. The van der Waals surface area contributed by atoms with Crippen molar-refractivity contribution in [1.29, 1.82) is 0 Å². The third-order valence-corrected chi connectivity index (χ3v) is 6.46. The maximum Gasteiger partial charge on any atom is 0.261 e. The fraction of sp³-hybridized carbons (Fsp3) is 0.667. The van der Waals surface area contributed by atoms with Gasteiger partial charge < -0.3 is 15.0 Å². The molecule has 0 bridgehead atoms. The highest BCUT2D eigenvalue weighted by Gasteiger charge is 2.50. The van der Waals surface area contributed by atoms with Gasteiger partial charge in [0.1, 0.15) is 6.10 Å². The summed E-state index contributed by atoms with van der Waals surface area (Å²) in [4.78, 5) is 2.09. The molecule has 0 amide bonds. The van der Waals surface area contributed by atoms with E-state index < -0.39 is 0 Å². The van der Waals surface area contributed by atoms with Crippen LogP contribution in [-0.4, -0.2) is 25.4 Å². The molecule has 1 spiro atoms. The molecular weight excluding hydrogens is 328 g/mol. The number of benzene rings is 1. The van der Waals surface area contributed by atoms with Crippen molar-refractivity contribution in [3.8, 4) is 0 Å². The monoisotopic (exact) mass is 360 g/mol. The summed E-state index contributed by atoms with van der Waals surface area (Å²) in [5, 5.41) is 3.77. The largest absolute Gasteiger partial charge is 0.467 e. The van der Waals surface area contributed by atoms with E-state index in [1.807, 2.05) is 14.1 Å². The highest BCUT2D eigenvalue weighted by atomic mass is 32.1. The van der Waals surface area contributed by atoms with E-state index in [-0.39, 0.29) is 0 Å². The van der Waals surface area contributed by atoms with Crippen LogP contribution >= 0.6 is 12.2 Å². The third-order valence-electron chi connectivity index (χ3n) is 6.26. The van der Waals surface area contributed by atoms with Crippen LogP contribution in [0.2, 0.25) is 0 Å². The number of hydrogen-bond acceptors (Lipinski definition) is 3. The van der Waals surface area contributed by atoms with Gasteiger partial charge in [0.15, 0.2) is 0 Å². The lowest BCUT2D eigenvalue weighted by Crippen LogP contribution is -2.50. The first-order valence-electron chi connectivity index (χ1n) is 9.77. The van der Waals surface area contributed by atoms with Crippen LogP contribution < -0.4 is 10.2 Å². The number of nitrogens with zero attached hydrogens (tertiary/aromatic N) is 1. The average molecular weight is 361 g/mol. The smallest absolute Gasteiger partial charge is 0.261 e. The van der Waals surface area contributed by atoms with E-state index in [0.29, 0.717) is 16.7 Å². The number of thiocarbonyl (C=S) groups is 1. The summed E-state index contributed by atoms with van der Waals surface area (Å²) in [5.41, 5.74) is 2.58. The number of anilines is 2. The maximum absolute atomic E-state index is 6.17. The second-order valence-electron chi connectivity index (χ2n) is 8.09. The van der Waals surface area contributed by atoms with Crippen LogP contribution in [0.4, 0.5) is 11.4 Å². The Kier molecular flexibility index (Phi) is 5.88. The number of hydrogen-bond donors (Lipinski definition) is 1. The van der Waals surface area contributed by atoms with Crippen molar-refractivity contribution < 1.29 is 4.74 Å². The van der Waals surface area contributed by atoms with Gasteiger partial charge in [0.2, 0.25) is 0 Å². The minimum Gasteiger partial charge on any atom is -0.467 e. The van der Waals surface area contributed by atoms with Gasteiger partial charge in [-0.1, -0.05) is 19.8 Å². The second kappa shape index (κ2) is 7.94. The van der Waals surface area contributed by atoms with E-state index in [2.05, 4.69) is 41.4 Å². The number of ether oxygens (including phenoxy) is 1. The zero-order valence-electron chi connectivity index (χ0n) is 15.9. The van der Waals surface area contributed by atoms with E-state index in [9.17, 15) is 0 Å². The Morgan fingerprint density at radius 3 is 2.32 bits per heavy atom. The normalized spacial score (nSPS) is 28.3. The Balaban J connectivity index is 1.50. The molecular formula is C21H32N2OS. The molecule has 2 aliphatic rings. The van der Waals surface area contributed by atoms with Gasteiger partial charge in [-0.2, -0.15) is 0 Å². The Labute approximate surface area is 158 Å². The van der Waals surface area contributed by atoms with Crippen molar-refractivity contribution in [2.45, 2.75) is 64.4 Å². The molecule has 2 fully saturated rings. The SMILES string of the molecule is CCCC1CCC2(CC1)CCC2OC(=S)Nc1ccc(N(C)C)cc1. The summed E-state index contributed by atoms with van der Waals surface area (Å²) >= 11 is 5.47. The average Bonchev–Trinajstić information content (AvgIpc) is 2.60. The summed E-state index contributed by atoms with van der Waals surface area (Å²) in [6.45, 7) is 2.30. The van der Waals surface area contributed by atoms with Gasteiger partial charge >= 0.3 is 0 Å². The van der Waals surface area contributed by atoms with Crippen LogP contribution in [0.25, 0.3) is 0 Å². The van der Waals surface area contributed by atoms with Crippen LogP contribution in [0, 0.1) is 11.3 Å². The lowest BCUT2D eigenvalue weighted by Gasteiger charge is -2.52. The molecule has 2 saturated carbocycles. The summed E-state index contributed by atoms with van der Waals surface area (Å²) in [6.07, 6.45) is 10.9. The summed E-state index contributed by atoms with van der Waals surface area (Å²) in [7, 11) is 4.09. The van der Waals surface area contributed by atoms with Crippen LogP contribution in [0.1, 0.15) is 58.3 Å². The Hall–Kier alpha value is -1.29. The molecule has 3 nitrogen and oxygen atoms in total. The second-order valence-corrected chi connectivity index (χ2v) is 8.46. The number of nitrogens with one attached hydrogen (secondary N) is 1. The molecule has 1 aromatic carbocycles. The molecule has 138 valence electrons. The molecule has 3 rings (SSSR count). The van der Waals surface area contributed by atoms with Gasteiger partial charge in [-0.05, 0) is 80.9 Å². The molecule has 2 aliphatic carbocycles. The molecule has 1 atom stereocenters. The molecule has 4 heteroatoms. The van der Waals surface area contributed by atoms with E-state index in [1.165, 1.54) is 50.6 Å². The first kappa shape index (κ1) is 18.5. The van der Waals surface area contributed by atoms with Gasteiger partial charge in [0.05, 0.1) is 0 Å². The molecule has 1 aromatic rings. The van der Waals surface area contributed by atoms with Gasteiger partial charge in [-0.15, -0.1) is 0 Å². The van der Waals surface area contributed by atoms with E-state index in [1.54, 1.807) is 0 Å². The molecule has 0 radical (unpaired) electrons. The van der Waals surface area contributed by atoms with Crippen molar-refractivity contribution in [3.63, 3.8) is 0 Å². The predicted molar refractivity (Wildman–Crippen MR) is 110 cm³/mol. The molecule has 0 aliphatic heterocycles. The number of rotatable bonds is 5. The van der Waals surface area contributed by atoms with Crippen LogP contribution in [0.15, 0.2) is 24.3 Å². The summed E-state index contributed by atoms with van der Waals surface area (Å²) in [6, 6.07) is 8.28. The van der Waals surface area contributed by atoms with Crippen LogP contribution in [0.5, 0.6) is 0 Å². The summed E-state index contributed by atoms with van der Waals surface area (Å²) < 4.78 is 6.17. The lowest BCUT2D eigenvalue weighted by atomic mass is 9.57. The first-order chi connectivity index (χ1) is 12.0. The van der Waals surface area contributed by atoms with E-state index in [4.69, 9.17) is 17.0 Å². The first-order valence-corrected chi connectivity index (χ1v) is 10.2. The lowest BCUT2D eigenvalue weighted by molar-refractivity contribution is -0.0843. The van der Waals surface area contributed by atoms with Crippen molar-refractivity contribution in [1.82, 2.24) is 0 Å². The van der Waals surface area contributed by atoms with Gasteiger partial charge in [0.25, 0.3) is 5.17 Å². The highest BCUT2D eigenvalue weighted by Crippen LogP contribution is 2.54. The molecule has 1 unspecified atom stereocenters. The highest BCUT2D eigenvalue weighted by molar-refractivity contribution is 7.80. The fourth-order valence-corrected chi connectivity index (χ4v) is 4.73. The zero-order chi connectivity index (χ0) is 17.9. The standard InChI is InChI=1S/C21H32N2OS/c1-4-5-16-10-13-21(14-11-16)15-12-19(21)24-20(25)22-17-6-8-18(9-7-17)23(2)3/h6-9,16,19H,4-5,10-15H2,1-3H3,(H,22,25). The fourth-order valence-electron chi connectivity index (χ4n) is 4.50. The zero-order valence-corrected chi connectivity index (χ0v) is 16.7. The van der Waals surface area contributed by atoms with Crippen molar-refractivity contribution in [3.05, 3.63) is 24.3 Å². The van der Waals surface area contributed by atoms with Gasteiger partial charge in [-0.3, -0.25) is 0 Å². The van der Waals surface area contributed by atoms with E-state index >= 15 is 0 Å². The molecule has 25 heavy (non-hydrogen) atoms. The van der Waals surface area contributed by atoms with E-state index in [0.717, 1.165) is 18.0 Å². The molecule has 0 saturated heterocycles. The minimum atomic E-state index is 0.316. The topological polar surface area (TPSA) is 24.5 Å². The predicted octanol–water partition coefficient (Wildman–Crippen LogP) is 5.61. The molecule has 0 heterocycles. The van der Waals surface area contributed by atoms with Crippen molar-refractivity contribution >= 4 is 28.8 Å². The minimum absolute atomic E-state index is 0.316. The van der Waals surface area contributed by atoms with Crippen molar-refractivity contribution in [2.75, 3.05) is 24.3 Å². The third kappa shape index (κ3) is 4.28. The molecule has 0 aromatic heterocycles. The van der Waals surface area contributed by atoms with Crippen LogP contribution in [0.3, 0.4) is 0 Å². The Morgan fingerprint density at radius 1 is 1.16 bits per heavy atom. The Bertz CT molecular complexity index is 576. The maximum atomic E-state index is 6.17. The quantitative estimate of drug-likeness (QED) is 0.690. The van der Waals surface area contributed by atoms with Crippen molar-refractivity contribution in [2.24, 2.45) is 11.3 Å². The molecule has 1 N–H and O–H groups in total. The van der Waals surface area contributed by atoms with Crippen LogP contribution in [-0.2, 0) is 4.74 Å².